The minimum Gasteiger partial charge on any atom is -0.412 e. The minimum atomic E-state index is 0. The number of benzene rings is 1. The van der Waals surface area contributed by atoms with E-state index in [1.807, 2.05) is 12.1 Å². The Hall–Kier alpha value is -0.860. The molecule has 0 radical (unpaired) electrons. The molecule has 0 aliphatic carbocycles. The Morgan fingerprint density at radius 1 is 1.45 bits per heavy atom. The van der Waals surface area contributed by atoms with Gasteiger partial charge in [-0.2, -0.15) is 0 Å². The van der Waals surface area contributed by atoms with E-state index in [1.165, 1.54) is 0 Å². The molecule has 2 nitrogen and oxygen atoms in total. The molecule has 0 aromatic heterocycles. The molecule has 0 amide bonds. The monoisotopic (exact) mass is 171 g/mol. The highest BCUT2D eigenvalue weighted by Crippen LogP contribution is 2.10. The number of halogens is 1. The molecule has 0 saturated carbocycles. The molecule has 3 heteroatoms. The van der Waals surface area contributed by atoms with Crippen molar-refractivity contribution in [3.63, 3.8) is 0 Å². The molecule has 1 aromatic rings. The zero-order chi connectivity index (χ0) is 7.56. The van der Waals surface area contributed by atoms with Gasteiger partial charge in [-0.3, -0.25) is 0 Å². The van der Waals surface area contributed by atoms with Gasteiger partial charge in [-0.05, 0) is 24.6 Å². The predicted molar refractivity (Wildman–Crippen MR) is 47.6 cm³/mol. The number of nitrogens with one attached hydrogen (secondary N) is 1. The Morgan fingerprint density at radius 2 is 2.09 bits per heavy atom. The molecule has 60 valence electrons. The standard InChI is InChI=1S/C8H8ClN.H2O/c1-6(10)7-3-2-4-8(9)5-7;/h2-5,10H,1H3;1H2. The fourth-order valence-corrected chi connectivity index (χ4v) is 0.912. The van der Waals surface area contributed by atoms with E-state index in [1.54, 1.807) is 19.1 Å². The Balaban J connectivity index is 0.000001000. The molecule has 0 heterocycles. The maximum absolute atomic E-state index is 7.27. The Bertz CT molecular complexity index is 260. The number of rotatable bonds is 1. The summed E-state index contributed by atoms with van der Waals surface area (Å²) in [4.78, 5) is 0. The Labute approximate surface area is 70.6 Å². The molecule has 0 saturated heterocycles. The van der Waals surface area contributed by atoms with Crippen molar-refractivity contribution in [3.05, 3.63) is 34.9 Å². The third-order valence-electron chi connectivity index (χ3n) is 1.26. The normalized spacial score (nSPS) is 8.55. The van der Waals surface area contributed by atoms with Crippen LogP contribution in [0.1, 0.15) is 12.5 Å². The number of hydrogen-bond acceptors (Lipinski definition) is 1. The summed E-state index contributed by atoms with van der Waals surface area (Å²) in [6, 6.07) is 7.29. The molecule has 0 bridgehead atoms. The number of hydrogen-bond donors (Lipinski definition) is 1. The topological polar surface area (TPSA) is 55.4 Å². The minimum absolute atomic E-state index is 0. The summed E-state index contributed by atoms with van der Waals surface area (Å²) in [5, 5.41) is 7.96. The van der Waals surface area contributed by atoms with Crippen LogP contribution in [0.15, 0.2) is 24.3 Å². The van der Waals surface area contributed by atoms with Crippen LogP contribution in [-0.4, -0.2) is 11.2 Å². The van der Waals surface area contributed by atoms with Gasteiger partial charge in [-0.25, -0.2) is 0 Å². The summed E-state index contributed by atoms with van der Waals surface area (Å²) < 4.78 is 0. The lowest BCUT2D eigenvalue weighted by molar-refractivity contribution is 0.824. The summed E-state index contributed by atoms with van der Waals surface area (Å²) in [5.41, 5.74) is 1.43. The van der Waals surface area contributed by atoms with Crippen LogP contribution < -0.4 is 0 Å². The lowest BCUT2D eigenvalue weighted by atomic mass is 10.1. The summed E-state index contributed by atoms with van der Waals surface area (Å²) in [7, 11) is 0. The van der Waals surface area contributed by atoms with Crippen molar-refractivity contribution in [1.82, 2.24) is 0 Å². The van der Waals surface area contributed by atoms with Gasteiger partial charge in [0, 0.05) is 10.7 Å². The highest BCUT2D eigenvalue weighted by Gasteiger charge is 1.93. The van der Waals surface area contributed by atoms with E-state index in [9.17, 15) is 0 Å². The maximum Gasteiger partial charge on any atom is 0.0412 e. The van der Waals surface area contributed by atoms with Gasteiger partial charge in [0.05, 0.1) is 0 Å². The van der Waals surface area contributed by atoms with E-state index in [2.05, 4.69) is 0 Å². The molecule has 0 fully saturated rings. The van der Waals surface area contributed by atoms with Gasteiger partial charge >= 0.3 is 0 Å². The molecule has 11 heavy (non-hydrogen) atoms. The van der Waals surface area contributed by atoms with Crippen LogP contribution in [0.2, 0.25) is 5.02 Å². The zero-order valence-electron chi connectivity index (χ0n) is 6.19. The van der Waals surface area contributed by atoms with Gasteiger partial charge in [0.25, 0.3) is 0 Å². The van der Waals surface area contributed by atoms with E-state index >= 15 is 0 Å². The highest BCUT2D eigenvalue weighted by molar-refractivity contribution is 6.31. The van der Waals surface area contributed by atoms with Crippen molar-refractivity contribution in [2.75, 3.05) is 0 Å². The molecular weight excluding hydrogens is 162 g/mol. The Morgan fingerprint density at radius 3 is 2.45 bits per heavy atom. The van der Waals surface area contributed by atoms with Gasteiger partial charge in [-0.1, -0.05) is 23.7 Å². The highest BCUT2D eigenvalue weighted by atomic mass is 35.5. The molecule has 1 aromatic carbocycles. The van der Waals surface area contributed by atoms with Crippen LogP contribution in [0.3, 0.4) is 0 Å². The van der Waals surface area contributed by atoms with Crippen molar-refractivity contribution >= 4 is 17.3 Å². The van der Waals surface area contributed by atoms with E-state index < -0.39 is 0 Å². The second-order valence-electron chi connectivity index (χ2n) is 2.14. The smallest absolute Gasteiger partial charge is 0.0412 e. The fourth-order valence-electron chi connectivity index (χ4n) is 0.722. The first kappa shape index (κ1) is 10.1. The lowest BCUT2D eigenvalue weighted by Gasteiger charge is -1.96. The average Bonchev–Trinajstić information content (AvgIpc) is 1.88. The molecule has 3 N–H and O–H groups in total. The van der Waals surface area contributed by atoms with Crippen LogP contribution >= 0.6 is 11.6 Å². The largest absolute Gasteiger partial charge is 0.412 e. The second-order valence-corrected chi connectivity index (χ2v) is 2.57. The fraction of sp³-hybridized carbons (Fsp3) is 0.125. The summed E-state index contributed by atoms with van der Waals surface area (Å²) in [6.07, 6.45) is 0. The quantitative estimate of drug-likeness (QED) is 0.628. The first-order valence-electron chi connectivity index (χ1n) is 3.01. The van der Waals surface area contributed by atoms with Crippen LogP contribution in [0.5, 0.6) is 0 Å². The van der Waals surface area contributed by atoms with Gasteiger partial charge in [-0.15, -0.1) is 0 Å². The molecule has 0 aliphatic heterocycles. The third kappa shape index (κ3) is 2.70. The molecule has 1 rings (SSSR count). The maximum atomic E-state index is 7.27. The summed E-state index contributed by atoms with van der Waals surface area (Å²) in [6.45, 7) is 1.74. The third-order valence-corrected chi connectivity index (χ3v) is 1.49. The van der Waals surface area contributed by atoms with Crippen LogP contribution in [0, 0.1) is 5.41 Å². The van der Waals surface area contributed by atoms with Crippen LogP contribution in [0.4, 0.5) is 0 Å². The first-order valence-corrected chi connectivity index (χ1v) is 3.39. The van der Waals surface area contributed by atoms with Crippen molar-refractivity contribution in [1.29, 1.82) is 5.41 Å². The van der Waals surface area contributed by atoms with Gasteiger partial charge in [0.15, 0.2) is 0 Å². The predicted octanol–water partition coefficient (Wildman–Crippen LogP) is 1.90. The van der Waals surface area contributed by atoms with Crippen LogP contribution in [0.25, 0.3) is 0 Å². The van der Waals surface area contributed by atoms with Gasteiger partial charge < -0.3 is 10.9 Å². The van der Waals surface area contributed by atoms with E-state index in [4.69, 9.17) is 17.0 Å². The second kappa shape index (κ2) is 4.11. The van der Waals surface area contributed by atoms with Gasteiger partial charge in [0.1, 0.15) is 0 Å². The first-order chi connectivity index (χ1) is 4.70. The van der Waals surface area contributed by atoms with Crippen molar-refractivity contribution in [2.24, 2.45) is 0 Å². The zero-order valence-corrected chi connectivity index (χ0v) is 6.94. The van der Waals surface area contributed by atoms with Crippen LogP contribution in [-0.2, 0) is 0 Å². The van der Waals surface area contributed by atoms with E-state index in [0.29, 0.717) is 10.7 Å². The van der Waals surface area contributed by atoms with E-state index in [-0.39, 0.29) is 5.48 Å². The lowest BCUT2D eigenvalue weighted by Crippen LogP contribution is -1.89. The molecule has 0 unspecified atom stereocenters. The molecule has 0 spiro atoms. The Kier molecular flexibility index (Phi) is 3.79. The van der Waals surface area contributed by atoms with Crippen molar-refractivity contribution < 1.29 is 5.48 Å². The van der Waals surface area contributed by atoms with Crippen molar-refractivity contribution in [3.8, 4) is 0 Å². The van der Waals surface area contributed by atoms with E-state index in [0.717, 1.165) is 5.56 Å². The molecule has 0 aliphatic rings. The van der Waals surface area contributed by atoms with Crippen molar-refractivity contribution in [2.45, 2.75) is 6.92 Å². The molecular formula is C8H10ClNO. The summed E-state index contributed by atoms with van der Waals surface area (Å²) in [5.74, 6) is 0. The average molecular weight is 172 g/mol. The molecule has 0 atom stereocenters. The summed E-state index contributed by atoms with van der Waals surface area (Å²) >= 11 is 5.69. The van der Waals surface area contributed by atoms with Gasteiger partial charge in [0.2, 0.25) is 0 Å². The SMILES string of the molecule is CC(=N)c1cccc(Cl)c1.O.